The fourth-order valence-corrected chi connectivity index (χ4v) is 3.28. The molecule has 0 unspecified atom stereocenters. The molecule has 0 bridgehead atoms. The first-order valence-electron chi connectivity index (χ1n) is 6.87. The summed E-state index contributed by atoms with van der Waals surface area (Å²) >= 11 is 5.76. The Kier molecular flexibility index (Phi) is 4.29. The molecule has 0 aliphatic carbocycles. The molecule has 3 rings (SSSR count). The fraction of sp³-hybridized carbons (Fsp3) is 0.0625. The minimum absolute atomic E-state index is 0.00673. The molecule has 5 nitrogen and oxygen atoms in total. The lowest BCUT2D eigenvalue weighted by atomic mass is 10.1. The van der Waals surface area contributed by atoms with Crippen LogP contribution < -0.4 is 4.72 Å². The number of aromatic nitrogens is 1. The SMILES string of the molecule is Cc1cc(NS(=O)(=O)c2ccc(-c3ccc(F)c(Cl)c3)cc2)no1. The van der Waals surface area contributed by atoms with Crippen LogP contribution in [0.2, 0.25) is 5.02 Å². The predicted octanol–water partition coefficient (Wildman–Crippen LogP) is 4.24. The van der Waals surface area contributed by atoms with Crippen LogP contribution in [0.15, 0.2) is 57.9 Å². The highest BCUT2D eigenvalue weighted by molar-refractivity contribution is 7.92. The first-order valence-corrected chi connectivity index (χ1v) is 8.73. The van der Waals surface area contributed by atoms with Gasteiger partial charge in [0.15, 0.2) is 5.82 Å². The van der Waals surface area contributed by atoms with Gasteiger partial charge in [0.1, 0.15) is 11.6 Å². The average molecular weight is 367 g/mol. The zero-order valence-electron chi connectivity index (χ0n) is 12.5. The first-order chi connectivity index (χ1) is 11.3. The van der Waals surface area contributed by atoms with Crippen molar-refractivity contribution in [2.75, 3.05) is 4.72 Å². The number of sulfonamides is 1. The third kappa shape index (κ3) is 3.42. The molecule has 0 spiro atoms. The molecule has 8 heteroatoms. The maximum absolute atomic E-state index is 13.2. The average Bonchev–Trinajstić information content (AvgIpc) is 2.94. The normalized spacial score (nSPS) is 11.5. The molecule has 24 heavy (non-hydrogen) atoms. The molecule has 0 saturated heterocycles. The number of hydrogen-bond acceptors (Lipinski definition) is 4. The highest BCUT2D eigenvalue weighted by Gasteiger charge is 2.16. The number of hydrogen-bond donors (Lipinski definition) is 1. The molecule has 0 aliphatic rings. The maximum Gasteiger partial charge on any atom is 0.263 e. The number of nitrogens with one attached hydrogen (secondary N) is 1. The lowest BCUT2D eigenvalue weighted by Crippen LogP contribution is -2.13. The van der Waals surface area contributed by atoms with E-state index in [1.165, 1.54) is 30.3 Å². The van der Waals surface area contributed by atoms with Crippen molar-refractivity contribution in [1.82, 2.24) is 5.16 Å². The molecule has 3 aromatic rings. The van der Waals surface area contributed by atoms with Gasteiger partial charge in [-0.25, -0.2) is 12.8 Å². The van der Waals surface area contributed by atoms with Crippen LogP contribution in [0, 0.1) is 12.7 Å². The molecule has 2 aromatic carbocycles. The van der Waals surface area contributed by atoms with Gasteiger partial charge in [0, 0.05) is 6.07 Å². The summed E-state index contributed by atoms with van der Waals surface area (Å²) in [6, 6.07) is 11.9. The van der Waals surface area contributed by atoms with E-state index in [-0.39, 0.29) is 15.7 Å². The van der Waals surface area contributed by atoms with E-state index in [2.05, 4.69) is 9.88 Å². The number of halogens is 2. The van der Waals surface area contributed by atoms with Gasteiger partial charge in [-0.05, 0) is 42.3 Å². The van der Waals surface area contributed by atoms with Gasteiger partial charge in [-0.15, -0.1) is 0 Å². The van der Waals surface area contributed by atoms with E-state index in [1.807, 2.05) is 0 Å². The third-order valence-electron chi connectivity index (χ3n) is 3.28. The largest absolute Gasteiger partial charge is 0.360 e. The molecule has 124 valence electrons. The summed E-state index contributed by atoms with van der Waals surface area (Å²) in [4.78, 5) is 0.0695. The van der Waals surface area contributed by atoms with Crippen LogP contribution in [-0.2, 0) is 10.0 Å². The van der Waals surface area contributed by atoms with Crippen molar-refractivity contribution in [3.63, 3.8) is 0 Å². The van der Waals surface area contributed by atoms with Gasteiger partial charge in [-0.3, -0.25) is 4.72 Å². The molecule has 0 saturated carbocycles. The Morgan fingerprint density at radius 3 is 2.33 bits per heavy atom. The minimum Gasteiger partial charge on any atom is -0.360 e. The molecule has 0 radical (unpaired) electrons. The summed E-state index contributed by atoms with van der Waals surface area (Å²) in [5.74, 6) is 0.102. The second-order valence-corrected chi connectivity index (χ2v) is 7.17. The van der Waals surface area contributed by atoms with Gasteiger partial charge >= 0.3 is 0 Å². The summed E-state index contributed by atoms with van der Waals surface area (Å²) in [6.07, 6.45) is 0. The van der Waals surface area contributed by atoms with Gasteiger partial charge in [0.05, 0.1) is 9.92 Å². The van der Waals surface area contributed by atoms with Crippen molar-refractivity contribution in [1.29, 1.82) is 0 Å². The Labute approximate surface area is 143 Å². The van der Waals surface area contributed by atoms with Crippen molar-refractivity contribution < 1.29 is 17.3 Å². The fourth-order valence-electron chi connectivity index (χ4n) is 2.11. The van der Waals surface area contributed by atoms with E-state index in [4.69, 9.17) is 16.1 Å². The van der Waals surface area contributed by atoms with Crippen LogP contribution in [0.1, 0.15) is 5.76 Å². The molecule has 1 N–H and O–H groups in total. The topological polar surface area (TPSA) is 72.2 Å². The minimum atomic E-state index is -3.77. The zero-order valence-corrected chi connectivity index (χ0v) is 14.0. The monoisotopic (exact) mass is 366 g/mol. The van der Waals surface area contributed by atoms with E-state index in [0.717, 1.165) is 0 Å². The van der Waals surface area contributed by atoms with E-state index in [1.54, 1.807) is 25.1 Å². The summed E-state index contributed by atoms with van der Waals surface area (Å²) in [5.41, 5.74) is 1.40. The highest BCUT2D eigenvalue weighted by Crippen LogP contribution is 2.26. The van der Waals surface area contributed by atoms with Crippen LogP contribution in [0.5, 0.6) is 0 Å². The van der Waals surface area contributed by atoms with Crippen molar-refractivity contribution >= 4 is 27.4 Å². The van der Waals surface area contributed by atoms with Gasteiger partial charge in [0.25, 0.3) is 10.0 Å². The number of nitrogens with zero attached hydrogens (tertiary/aromatic N) is 1. The number of benzene rings is 2. The molecule has 1 aromatic heterocycles. The van der Waals surface area contributed by atoms with E-state index >= 15 is 0 Å². The molecule has 0 fully saturated rings. The second-order valence-electron chi connectivity index (χ2n) is 5.08. The lowest BCUT2D eigenvalue weighted by molar-refractivity contribution is 0.400. The summed E-state index contributed by atoms with van der Waals surface area (Å²) in [5, 5.41) is 3.60. The van der Waals surface area contributed by atoms with E-state index < -0.39 is 15.8 Å². The number of aryl methyl sites for hydroxylation is 1. The number of rotatable bonds is 4. The smallest absolute Gasteiger partial charge is 0.263 e. The van der Waals surface area contributed by atoms with Crippen molar-refractivity contribution in [3.8, 4) is 11.1 Å². The Bertz CT molecular complexity index is 985. The predicted molar refractivity (Wildman–Crippen MR) is 88.9 cm³/mol. The molecule has 0 atom stereocenters. The Morgan fingerprint density at radius 1 is 1.08 bits per heavy atom. The maximum atomic E-state index is 13.2. The standard InChI is InChI=1S/C16H12ClFN2O3S/c1-10-8-16(19-23-10)20-24(21,22)13-5-2-11(3-6-13)12-4-7-15(18)14(17)9-12/h2-9H,1H3,(H,19,20). The summed E-state index contributed by atoms with van der Waals surface area (Å²) in [6.45, 7) is 1.66. The van der Waals surface area contributed by atoms with Gasteiger partial charge in [-0.1, -0.05) is 35.0 Å². The van der Waals surface area contributed by atoms with E-state index in [9.17, 15) is 12.8 Å². The quantitative estimate of drug-likeness (QED) is 0.749. The Balaban J connectivity index is 1.86. The van der Waals surface area contributed by atoms with Crippen LogP contribution >= 0.6 is 11.6 Å². The third-order valence-corrected chi connectivity index (χ3v) is 4.94. The van der Waals surface area contributed by atoms with Gasteiger partial charge in [0.2, 0.25) is 0 Å². The van der Waals surface area contributed by atoms with Crippen molar-refractivity contribution in [3.05, 3.63) is 65.1 Å². The van der Waals surface area contributed by atoms with Gasteiger partial charge < -0.3 is 4.52 Å². The molecule has 0 amide bonds. The lowest BCUT2D eigenvalue weighted by Gasteiger charge is -2.07. The first kappa shape index (κ1) is 16.5. The zero-order chi connectivity index (χ0) is 17.3. The summed E-state index contributed by atoms with van der Waals surface area (Å²) in [7, 11) is -3.77. The van der Waals surface area contributed by atoms with Crippen LogP contribution in [-0.4, -0.2) is 13.6 Å². The van der Waals surface area contributed by atoms with Crippen molar-refractivity contribution in [2.24, 2.45) is 0 Å². The Hall–Kier alpha value is -2.38. The Morgan fingerprint density at radius 2 is 1.75 bits per heavy atom. The highest BCUT2D eigenvalue weighted by atomic mass is 35.5. The van der Waals surface area contributed by atoms with Crippen LogP contribution in [0.25, 0.3) is 11.1 Å². The van der Waals surface area contributed by atoms with E-state index in [0.29, 0.717) is 16.9 Å². The number of anilines is 1. The molecular weight excluding hydrogens is 355 g/mol. The molecule has 0 aliphatic heterocycles. The van der Waals surface area contributed by atoms with Crippen molar-refractivity contribution in [2.45, 2.75) is 11.8 Å². The molecular formula is C16H12ClFN2O3S. The van der Waals surface area contributed by atoms with Crippen LogP contribution in [0.3, 0.4) is 0 Å². The summed E-state index contributed by atoms with van der Waals surface area (Å²) < 4.78 is 45.0. The van der Waals surface area contributed by atoms with Crippen LogP contribution in [0.4, 0.5) is 10.2 Å². The second kappa shape index (κ2) is 6.26. The molecule has 1 heterocycles. The van der Waals surface area contributed by atoms with Gasteiger partial charge in [-0.2, -0.15) is 0 Å².